The number of nitrogens with zero attached hydrogens (tertiary/aromatic N) is 3. The van der Waals surface area contributed by atoms with E-state index in [1.165, 1.54) is 16.7 Å². The van der Waals surface area contributed by atoms with E-state index < -0.39 is 46.9 Å². The number of piperazine rings is 1. The van der Waals surface area contributed by atoms with Crippen molar-refractivity contribution in [2.24, 2.45) is 0 Å². The fourth-order valence-corrected chi connectivity index (χ4v) is 3.97. The average molecular weight is 439 g/mol. The minimum absolute atomic E-state index is 0.00281. The summed E-state index contributed by atoms with van der Waals surface area (Å²) in [6.45, 7) is 2.25. The van der Waals surface area contributed by atoms with Gasteiger partial charge in [0, 0.05) is 31.7 Å². The monoisotopic (exact) mass is 439 g/mol. The quantitative estimate of drug-likeness (QED) is 0.474. The summed E-state index contributed by atoms with van der Waals surface area (Å²) >= 11 is 0. The number of carbonyl (C=O) groups is 4. The molecule has 4 rings (SSSR count). The van der Waals surface area contributed by atoms with E-state index >= 15 is 0 Å². The van der Waals surface area contributed by atoms with Crippen molar-refractivity contribution in [2.45, 2.75) is 13.0 Å². The summed E-state index contributed by atoms with van der Waals surface area (Å²) in [6.07, 6.45) is 0. The number of carbonyl (C=O) groups excluding carboxylic acids is 4. The van der Waals surface area contributed by atoms with Crippen molar-refractivity contribution in [1.82, 2.24) is 14.7 Å². The second-order valence-corrected chi connectivity index (χ2v) is 7.68. The molecule has 2 aromatic rings. The Morgan fingerprint density at radius 2 is 1.31 bits per heavy atom. The van der Waals surface area contributed by atoms with E-state index in [1.54, 1.807) is 24.3 Å². The third kappa shape index (κ3) is 3.39. The number of phenols is 3. The highest BCUT2D eigenvalue weighted by Gasteiger charge is 2.42. The van der Waals surface area contributed by atoms with Crippen LogP contribution in [0.25, 0.3) is 0 Å². The van der Waals surface area contributed by atoms with Gasteiger partial charge in [-0.2, -0.15) is 0 Å². The molecule has 0 radical (unpaired) electrons. The zero-order valence-electron chi connectivity index (χ0n) is 17.2. The summed E-state index contributed by atoms with van der Waals surface area (Å²) in [5, 5.41) is 28.7. The van der Waals surface area contributed by atoms with Gasteiger partial charge in [0.05, 0.1) is 11.1 Å². The van der Waals surface area contributed by atoms with Gasteiger partial charge in [0.1, 0.15) is 6.04 Å². The summed E-state index contributed by atoms with van der Waals surface area (Å²) in [6, 6.07) is 7.54. The summed E-state index contributed by atoms with van der Waals surface area (Å²) in [5.41, 5.74) is 0.540. The molecule has 1 fully saturated rings. The first kappa shape index (κ1) is 21.2. The van der Waals surface area contributed by atoms with E-state index in [0.29, 0.717) is 0 Å². The maximum absolute atomic E-state index is 13.0. The van der Waals surface area contributed by atoms with Crippen LogP contribution < -0.4 is 0 Å². The van der Waals surface area contributed by atoms with Crippen LogP contribution >= 0.6 is 0 Å². The minimum Gasteiger partial charge on any atom is -0.504 e. The molecule has 1 atom stereocenters. The highest BCUT2D eigenvalue weighted by Crippen LogP contribution is 2.35. The van der Waals surface area contributed by atoms with Gasteiger partial charge in [0.2, 0.25) is 5.91 Å². The zero-order chi connectivity index (χ0) is 23.2. The van der Waals surface area contributed by atoms with Gasteiger partial charge in [-0.15, -0.1) is 0 Å². The van der Waals surface area contributed by atoms with Crippen molar-refractivity contribution in [1.29, 1.82) is 0 Å². The predicted octanol–water partition coefficient (Wildman–Crippen LogP) is 0.772. The maximum atomic E-state index is 13.0. The molecule has 166 valence electrons. The van der Waals surface area contributed by atoms with Gasteiger partial charge in [-0.3, -0.25) is 24.1 Å². The lowest BCUT2D eigenvalue weighted by Gasteiger charge is -2.37. The molecule has 3 N–H and O–H groups in total. The Balaban J connectivity index is 1.41. The number of hydrogen-bond acceptors (Lipinski definition) is 7. The Morgan fingerprint density at radius 3 is 1.81 bits per heavy atom. The van der Waals surface area contributed by atoms with Crippen LogP contribution in [0.4, 0.5) is 0 Å². The highest BCUT2D eigenvalue weighted by atomic mass is 16.3. The number of phenolic OH excluding ortho intramolecular Hbond substituents is 3. The third-order valence-corrected chi connectivity index (χ3v) is 5.77. The summed E-state index contributed by atoms with van der Waals surface area (Å²) in [4.78, 5) is 54.8. The standard InChI is InChI=1S/C22H21N3O7/c1-12(25-21(31)14-4-2-3-5-15(14)22(25)32)19(29)23-6-8-24(9-7-23)20(30)13-10-16(26)18(28)17(27)11-13/h2-5,10-12,26-28H,6-9H2,1H3. The van der Waals surface area contributed by atoms with Crippen molar-refractivity contribution in [3.05, 3.63) is 53.1 Å². The summed E-state index contributed by atoms with van der Waals surface area (Å²) < 4.78 is 0. The number of aromatic hydroxyl groups is 3. The molecule has 0 spiro atoms. The fourth-order valence-electron chi connectivity index (χ4n) is 3.97. The molecule has 10 nitrogen and oxygen atoms in total. The number of hydrogen-bond donors (Lipinski definition) is 3. The molecule has 2 aromatic carbocycles. The highest BCUT2D eigenvalue weighted by molar-refractivity contribution is 6.22. The van der Waals surface area contributed by atoms with E-state index in [0.717, 1.165) is 17.0 Å². The third-order valence-electron chi connectivity index (χ3n) is 5.77. The van der Waals surface area contributed by atoms with Crippen molar-refractivity contribution in [2.75, 3.05) is 26.2 Å². The lowest BCUT2D eigenvalue weighted by molar-refractivity contribution is -0.136. The Hall–Kier alpha value is -4.08. The van der Waals surface area contributed by atoms with E-state index in [4.69, 9.17) is 0 Å². The van der Waals surface area contributed by atoms with Crippen LogP contribution in [0.3, 0.4) is 0 Å². The molecular weight excluding hydrogens is 418 g/mol. The van der Waals surface area contributed by atoms with Crippen LogP contribution in [0.2, 0.25) is 0 Å². The summed E-state index contributed by atoms with van der Waals surface area (Å²) in [5.74, 6) is -3.82. The number of imide groups is 1. The number of amides is 4. The molecular formula is C22H21N3O7. The molecule has 1 unspecified atom stereocenters. The molecule has 2 aliphatic rings. The van der Waals surface area contributed by atoms with Gasteiger partial charge in [-0.05, 0) is 31.2 Å². The second-order valence-electron chi connectivity index (χ2n) is 7.68. The fraction of sp³-hybridized carbons (Fsp3) is 0.273. The SMILES string of the molecule is CC(C(=O)N1CCN(C(=O)c2cc(O)c(O)c(O)c2)CC1)N1C(=O)c2ccccc2C1=O. The maximum Gasteiger partial charge on any atom is 0.262 e. The van der Waals surface area contributed by atoms with Crippen molar-refractivity contribution in [3.63, 3.8) is 0 Å². The van der Waals surface area contributed by atoms with Gasteiger partial charge >= 0.3 is 0 Å². The average Bonchev–Trinajstić information content (AvgIpc) is 3.06. The second kappa shape index (κ2) is 7.88. The van der Waals surface area contributed by atoms with Gasteiger partial charge < -0.3 is 25.1 Å². The number of fused-ring (bicyclic) bond motifs is 1. The molecule has 1 saturated heterocycles. The van der Waals surface area contributed by atoms with Crippen LogP contribution in [0, 0.1) is 0 Å². The number of rotatable bonds is 3. The van der Waals surface area contributed by atoms with Crippen LogP contribution in [-0.2, 0) is 4.79 Å². The molecule has 0 aromatic heterocycles. The molecule has 2 aliphatic heterocycles. The van der Waals surface area contributed by atoms with Crippen LogP contribution in [0.15, 0.2) is 36.4 Å². The van der Waals surface area contributed by atoms with Crippen LogP contribution in [-0.4, -0.2) is 85.9 Å². The molecule has 0 bridgehead atoms. The van der Waals surface area contributed by atoms with E-state index in [-0.39, 0.29) is 42.9 Å². The molecule has 32 heavy (non-hydrogen) atoms. The summed E-state index contributed by atoms with van der Waals surface area (Å²) in [7, 11) is 0. The van der Waals surface area contributed by atoms with Gasteiger partial charge in [-0.25, -0.2) is 0 Å². The first-order valence-corrected chi connectivity index (χ1v) is 10.0. The van der Waals surface area contributed by atoms with E-state index in [2.05, 4.69) is 0 Å². The number of benzene rings is 2. The van der Waals surface area contributed by atoms with Gasteiger partial charge in [0.15, 0.2) is 17.2 Å². The largest absolute Gasteiger partial charge is 0.504 e. The molecule has 0 aliphatic carbocycles. The normalized spacial score (nSPS) is 16.8. The molecule has 4 amide bonds. The molecule has 2 heterocycles. The Labute approximate surface area is 182 Å². The van der Waals surface area contributed by atoms with Crippen molar-refractivity contribution < 1.29 is 34.5 Å². The Bertz CT molecular complexity index is 1080. The first-order valence-electron chi connectivity index (χ1n) is 10.0. The van der Waals surface area contributed by atoms with Gasteiger partial charge in [0.25, 0.3) is 17.7 Å². The lowest BCUT2D eigenvalue weighted by atomic mass is 10.1. The zero-order valence-corrected chi connectivity index (χ0v) is 17.2. The van der Waals surface area contributed by atoms with Gasteiger partial charge in [-0.1, -0.05) is 12.1 Å². The van der Waals surface area contributed by atoms with Crippen LogP contribution in [0.5, 0.6) is 17.2 Å². The van der Waals surface area contributed by atoms with E-state index in [9.17, 15) is 34.5 Å². The molecule has 0 saturated carbocycles. The van der Waals surface area contributed by atoms with Crippen LogP contribution in [0.1, 0.15) is 38.0 Å². The van der Waals surface area contributed by atoms with Crippen molar-refractivity contribution >= 4 is 23.6 Å². The molecule has 10 heteroatoms. The Morgan fingerprint density at radius 1 is 0.844 bits per heavy atom. The Kier molecular flexibility index (Phi) is 5.21. The predicted molar refractivity (Wildman–Crippen MR) is 110 cm³/mol. The topological polar surface area (TPSA) is 139 Å². The first-order chi connectivity index (χ1) is 15.2. The van der Waals surface area contributed by atoms with Crippen molar-refractivity contribution in [3.8, 4) is 17.2 Å². The van der Waals surface area contributed by atoms with E-state index in [1.807, 2.05) is 0 Å². The smallest absolute Gasteiger partial charge is 0.262 e. The minimum atomic E-state index is -0.990. The lowest BCUT2D eigenvalue weighted by Crippen LogP contribution is -2.56.